The van der Waals surface area contributed by atoms with Crippen LogP contribution in [0.3, 0.4) is 0 Å². The standard InChI is InChI=1S/C8H13ClF3NO2/c1-6(3-9)13(2)7(14)4-15-5-8(10,11)12/h6H,3-5H2,1-2H3. The molecule has 1 atom stereocenters. The molecule has 0 radical (unpaired) electrons. The van der Waals surface area contributed by atoms with Gasteiger partial charge in [-0.3, -0.25) is 4.79 Å². The first-order chi connectivity index (χ1) is 6.78. The Morgan fingerprint density at radius 1 is 1.53 bits per heavy atom. The van der Waals surface area contributed by atoms with E-state index in [-0.39, 0.29) is 11.9 Å². The van der Waals surface area contributed by atoms with Crippen LogP contribution in [0.2, 0.25) is 0 Å². The van der Waals surface area contributed by atoms with E-state index in [1.165, 1.54) is 11.9 Å². The van der Waals surface area contributed by atoms with E-state index in [4.69, 9.17) is 11.6 Å². The molecule has 0 aromatic rings. The Morgan fingerprint density at radius 3 is 2.47 bits per heavy atom. The second-order valence-electron chi connectivity index (χ2n) is 3.12. The molecular formula is C8H13ClF3NO2. The largest absolute Gasteiger partial charge is 0.411 e. The van der Waals surface area contributed by atoms with Gasteiger partial charge in [-0.05, 0) is 6.92 Å². The molecule has 0 N–H and O–H groups in total. The molecule has 0 rings (SSSR count). The van der Waals surface area contributed by atoms with Crippen LogP contribution in [0.5, 0.6) is 0 Å². The van der Waals surface area contributed by atoms with E-state index in [0.29, 0.717) is 0 Å². The van der Waals surface area contributed by atoms with Gasteiger partial charge in [0, 0.05) is 19.0 Å². The summed E-state index contributed by atoms with van der Waals surface area (Å²) in [6, 6.07) is -0.228. The van der Waals surface area contributed by atoms with Crippen LogP contribution in [0.25, 0.3) is 0 Å². The summed E-state index contributed by atoms with van der Waals surface area (Å²) in [5.74, 6) is -0.297. The zero-order valence-electron chi connectivity index (χ0n) is 8.47. The fraction of sp³-hybridized carbons (Fsp3) is 0.875. The molecule has 15 heavy (non-hydrogen) atoms. The molecule has 0 spiro atoms. The maximum absolute atomic E-state index is 11.7. The number of carbonyl (C=O) groups is 1. The molecule has 0 saturated carbocycles. The molecule has 0 aliphatic carbocycles. The molecule has 0 fully saturated rings. The van der Waals surface area contributed by atoms with Crippen molar-refractivity contribution in [1.29, 1.82) is 0 Å². The van der Waals surface area contributed by atoms with Crippen LogP contribution >= 0.6 is 11.6 Å². The maximum atomic E-state index is 11.7. The van der Waals surface area contributed by atoms with Gasteiger partial charge in [0.25, 0.3) is 0 Å². The van der Waals surface area contributed by atoms with E-state index in [2.05, 4.69) is 4.74 Å². The summed E-state index contributed by atoms with van der Waals surface area (Å²) >= 11 is 5.48. The average molecular weight is 248 g/mol. The number of nitrogens with zero attached hydrogens (tertiary/aromatic N) is 1. The van der Waals surface area contributed by atoms with Crippen molar-refractivity contribution in [3.8, 4) is 0 Å². The van der Waals surface area contributed by atoms with Crippen LogP contribution in [0.15, 0.2) is 0 Å². The number of alkyl halides is 4. The van der Waals surface area contributed by atoms with Crippen LogP contribution in [0.4, 0.5) is 13.2 Å². The van der Waals surface area contributed by atoms with Gasteiger partial charge in [0.05, 0.1) is 0 Å². The normalized spacial score (nSPS) is 13.7. The number of ether oxygens (including phenoxy) is 1. The number of hydrogen-bond donors (Lipinski definition) is 0. The highest BCUT2D eigenvalue weighted by atomic mass is 35.5. The zero-order valence-corrected chi connectivity index (χ0v) is 9.23. The lowest BCUT2D eigenvalue weighted by atomic mass is 10.3. The first-order valence-corrected chi connectivity index (χ1v) is 4.77. The fourth-order valence-corrected chi connectivity index (χ4v) is 0.912. The summed E-state index contributed by atoms with van der Waals surface area (Å²) in [5.41, 5.74) is 0. The van der Waals surface area contributed by atoms with Crippen LogP contribution < -0.4 is 0 Å². The number of rotatable bonds is 5. The van der Waals surface area contributed by atoms with Gasteiger partial charge in [-0.15, -0.1) is 11.6 Å². The quantitative estimate of drug-likeness (QED) is 0.692. The molecule has 0 heterocycles. The van der Waals surface area contributed by atoms with Gasteiger partial charge in [0.2, 0.25) is 5.91 Å². The smallest absolute Gasteiger partial charge is 0.362 e. The first-order valence-electron chi connectivity index (χ1n) is 4.24. The number of amides is 1. The zero-order chi connectivity index (χ0) is 12.1. The van der Waals surface area contributed by atoms with Crippen molar-refractivity contribution < 1.29 is 22.7 Å². The van der Waals surface area contributed by atoms with E-state index in [1.807, 2.05) is 0 Å². The third-order valence-electron chi connectivity index (χ3n) is 1.77. The van der Waals surface area contributed by atoms with Gasteiger partial charge >= 0.3 is 6.18 Å². The third kappa shape index (κ3) is 6.57. The maximum Gasteiger partial charge on any atom is 0.411 e. The van der Waals surface area contributed by atoms with Gasteiger partial charge in [-0.2, -0.15) is 13.2 Å². The van der Waals surface area contributed by atoms with E-state index in [9.17, 15) is 18.0 Å². The lowest BCUT2D eigenvalue weighted by Gasteiger charge is -2.22. The van der Waals surface area contributed by atoms with E-state index < -0.39 is 25.3 Å². The van der Waals surface area contributed by atoms with Gasteiger partial charge in [-0.1, -0.05) is 0 Å². The minimum Gasteiger partial charge on any atom is -0.362 e. The summed E-state index contributed by atoms with van der Waals surface area (Å²) in [7, 11) is 1.46. The average Bonchev–Trinajstić information content (AvgIpc) is 2.13. The van der Waals surface area contributed by atoms with Crippen molar-refractivity contribution in [2.24, 2.45) is 0 Å². The Balaban J connectivity index is 3.84. The number of carbonyl (C=O) groups excluding carboxylic acids is 1. The Bertz CT molecular complexity index is 211. The molecule has 7 heteroatoms. The Morgan fingerprint density at radius 2 is 2.07 bits per heavy atom. The highest BCUT2D eigenvalue weighted by Gasteiger charge is 2.28. The van der Waals surface area contributed by atoms with Crippen molar-refractivity contribution >= 4 is 17.5 Å². The number of likely N-dealkylation sites (N-methyl/N-ethyl adjacent to an activating group) is 1. The predicted octanol–water partition coefficient (Wildman–Crippen LogP) is 1.65. The first kappa shape index (κ1) is 14.5. The van der Waals surface area contributed by atoms with Crippen LogP contribution in [0, 0.1) is 0 Å². The van der Waals surface area contributed by atoms with Gasteiger partial charge < -0.3 is 9.64 Å². The topological polar surface area (TPSA) is 29.5 Å². The molecule has 0 aliphatic heterocycles. The Labute approximate surface area is 91.1 Å². The minimum atomic E-state index is -4.41. The summed E-state index contributed by atoms with van der Waals surface area (Å²) < 4.78 is 39.2. The van der Waals surface area contributed by atoms with Crippen LogP contribution in [-0.2, 0) is 9.53 Å². The predicted molar refractivity (Wildman–Crippen MR) is 49.8 cm³/mol. The molecule has 0 aromatic carbocycles. The molecule has 0 aromatic heterocycles. The second kappa shape index (κ2) is 6.17. The van der Waals surface area contributed by atoms with Gasteiger partial charge in [0.15, 0.2) is 0 Å². The Kier molecular flexibility index (Phi) is 5.97. The molecule has 1 unspecified atom stereocenters. The van der Waals surface area contributed by atoms with E-state index in [1.54, 1.807) is 6.92 Å². The molecule has 0 aliphatic rings. The number of halogens is 4. The van der Waals surface area contributed by atoms with E-state index >= 15 is 0 Å². The van der Waals surface area contributed by atoms with Gasteiger partial charge in [-0.25, -0.2) is 0 Å². The molecular weight excluding hydrogens is 235 g/mol. The van der Waals surface area contributed by atoms with Crippen molar-refractivity contribution in [2.75, 3.05) is 26.1 Å². The summed E-state index contributed by atoms with van der Waals surface area (Å²) in [4.78, 5) is 12.5. The van der Waals surface area contributed by atoms with Crippen LogP contribution in [-0.4, -0.2) is 49.2 Å². The summed E-state index contributed by atoms with van der Waals surface area (Å²) in [6.45, 7) is -0.312. The lowest BCUT2D eigenvalue weighted by molar-refractivity contribution is -0.177. The van der Waals surface area contributed by atoms with Crippen LogP contribution in [0.1, 0.15) is 6.92 Å². The molecule has 1 amide bonds. The third-order valence-corrected chi connectivity index (χ3v) is 2.22. The second-order valence-corrected chi connectivity index (χ2v) is 3.42. The van der Waals surface area contributed by atoms with Gasteiger partial charge in [0.1, 0.15) is 13.2 Å². The van der Waals surface area contributed by atoms with Crippen molar-refractivity contribution in [1.82, 2.24) is 4.90 Å². The monoisotopic (exact) mass is 247 g/mol. The number of hydrogen-bond acceptors (Lipinski definition) is 2. The summed E-state index contributed by atoms with van der Waals surface area (Å²) in [5, 5.41) is 0. The molecule has 90 valence electrons. The van der Waals surface area contributed by atoms with E-state index in [0.717, 1.165) is 0 Å². The lowest BCUT2D eigenvalue weighted by Crippen LogP contribution is -2.39. The molecule has 0 saturated heterocycles. The minimum absolute atomic E-state index is 0.224. The molecule has 0 bridgehead atoms. The SMILES string of the molecule is CC(CCl)N(C)C(=O)COCC(F)(F)F. The molecule has 3 nitrogen and oxygen atoms in total. The Hall–Kier alpha value is -0.490. The highest BCUT2D eigenvalue weighted by molar-refractivity contribution is 6.18. The summed E-state index contributed by atoms with van der Waals surface area (Å²) in [6.07, 6.45) is -4.41. The van der Waals surface area contributed by atoms with Crippen molar-refractivity contribution in [3.63, 3.8) is 0 Å². The highest BCUT2D eigenvalue weighted by Crippen LogP contribution is 2.14. The van der Waals surface area contributed by atoms with Crippen molar-refractivity contribution in [3.05, 3.63) is 0 Å². The van der Waals surface area contributed by atoms with Crippen molar-refractivity contribution in [2.45, 2.75) is 19.1 Å². The fourth-order valence-electron chi connectivity index (χ4n) is 0.705.